The van der Waals surface area contributed by atoms with Crippen molar-refractivity contribution in [2.45, 2.75) is 12.8 Å². The summed E-state index contributed by atoms with van der Waals surface area (Å²) in [7, 11) is 1.65. The van der Waals surface area contributed by atoms with Crippen molar-refractivity contribution in [2.75, 3.05) is 30.4 Å². The Kier molecular flexibility index (Phi) is 6.28. The molecule has 1 aliphatic rings. The van der Waals surface area contributed by atoms with Gasteiger partial charge in [-0.25, -0.2) is 0 Å². The molecule has 0 aliphatic carbocycles. The summed E-state index contributed by atoms with van der Waals surface area (Å²) in [6.07, 6.45) is 1.80. The van der Waals surface area contributed by atoms with E-state index in [-0.39, 0.29) is 11.8 Å². The van der Waals surface area contributed by atoms with E-state index in [1.54, 1.807) is 7.11 Å². The topological polar surface area (TPSA) is 67.3 Å². The number of benzene rings is 2. The lowest BCUT2D eigenvalue weighted by atomic mass is 9.97. The molecular formula is C23H23BrN4O2. The van der Waals surface area contributed by atoms with Crippen LogP contribution in [0.15, 0.2) is 65.1 Å². The maximum absolute atomic E-state index is 12.8. The van der Waals surface area contributed by atoms with Gasteiger partial charge in [0.25, 0.3) is 0 Å². The fourth-order valence-electron chi connectivity index (χ4n) is 3.70. The number of hydrogen-bond acceptors (Lipinski definition) is 5. The lowest BCUT2D eigenvalue weighted by Crippen LogP contribution is -2.41. The van der Waals surface area contributed by atoms with Gasteiger partial charge in [0.15, 0.2) is 5.82 Å². The van der Waals surface area contributed by atoms with Gasteiger partial charge in [0.2, 0.25) is 5.91 Å². The van der Waals surface area contributed by atoms with Crippen LogP contribution in [0, 0.1) is 5.92 Å². The number of rotatable bonds is 5. The average Bonchev–Trinajstić information content (AvgIpc) is 2.79. The fraction of sp³-hybridized carbons (Fsp3) is 0.261. The molecule has 1 amide bonds. The van der Waals surface area contributed by atoms with Gasteiger partial charge in [-0.3, -0.25) is 4.79 Å². The van der Waals surface area contributed by atoms with Crippen molar-refractivity contribution < 1.29 is 9.53 Å². The van der Waals surface area contributed by atoms with Gasteiger partial charge in [-0.1, -0.05) is 34.1 Å². The van der Waals surface area contributed by atoms with Crippen molar-refractivity contribution >= 4 is 33.3 Å². The first-order chi connectivity index (χ1) is 14.6. The summed E-state index contributed by atoms with van der Waals surface area (Å²) in [6.45, 7) is 1.49. The minimum absolute atomic E-state index is 0.0383. The maximum Gasteiger partial charge on any atom is 0.229 e. The number of amides is 1. The number of para-hydroxylation sites is 1. The zero-order chi connectivity index (χ0) is 20.9. The van der Waals surface area contributed by atoms with Crippen LogP contribution in [-0.2, 0) is 4.79 Å². The Balaban J connectivity index is 1.45. The lowest BCUT2D eigenvalue weighted by molar-refractivity contribution is -0.120. The van der Waals surface area contributed by atoms with E-state index in [0.717, 1.165) is 52.4 Å². The molecule has 3 aromatic rings. The van der Waals surface area contributed by atoms with E-state index in [9.17, 15) is 4.79 Å². The molecule has 2 heterocycles. The van der Waals surface area contributed by atoms with Gasteiger partial charge < -0.3 is 15.0 Å². The Bertz CT molecular complexity index is 1030. The van der Waals surface area contributed by atoms with E-state index < -0.39 is 0 Å². The largest absolute Gasteiger partial charge is 0.496 e. The molecule has 2 aromatic carbocycles. The first-order valence-corrected chi connectivity index (χ1v) is 10.7. The number of piperidine rings is 1. The molecule has 1 aliphatic heterocycles. The molecule has 4 rings (SSSR count). The van der Waals surface area contributed by atoms with Crippen LogP contribution in [0.2, 0.25) is 0 Å². The summed E-state index contributed by atoms with van der Waals surface area (Å²) in [5.74, 6) is 1.50. The monoisotopic (exact) mass is 466 g/mol. The second-order valence-electron chi connectivity index (χ2n) is 7.26. The number of halogens is 1. The number of methoxy groups -OCH3 is 1. The number of nitrogens with zero attached hydrogens (tertiary/aromatic N) is 3. The second-order valence-corrected chi connectivity index (χ2v) is 8.18. The third-order valence-corrected chi connectivity index (χ3v) is 5.73. The van der Waals surface area contributed by atoms with E-state index >= 15 is 0 Å². The minimum atomic E-state index is -0.0894. The smallest absolute Gasteiger partial charge is 0.229 e. The van der Waals surface area contributed by atoms with E-state index in [0.29, 0.717) is 6.54 Å². The van der Waals surface area contributed by atoms with E-state index in [1.165, 1.54) is 0 Å². The predicted octanol–water partition coefficient (Wildman–Crippen LogP) is 4.77. The van der Waals surface area contributed by atoms with Gasteiger partial charge >= 0.3 is 0 Å². The standard InChI is InChI=1S/C23H23BrN4O2/c1-30-21-10-3-2-9-19(21)20-11-12-22(27-26-20)28-13-5-6-16(15-28)23(29)25-18-8-4-7-17(24)14-18/h2-4,7-12,14,16H,5-6,13,15H2,1H3,(H,25,29). The predicted molar refractivity (Wildman–Crippen MR) is 122 cm³/mol. The molecule has 1 atom stereocenters. The number of carbonyl (C=O) groups excluding carboxylic acids is 1. The van der Waals surface area contributed by atoms with Crippen molar-refractivity contribution in [3.05, 3.63) is 65.1 Å². The molecule has 1 fully saturated rings. The number of aromatic nitrogens is 2. The van der Waals surface area contributed by atoms with E-state index in [4.69, 9.17) is 4.74 Å². The number of anilines is 2. The third kappa shape index (κ3) is 4.62. The van der Waals surface area contributed by atoms with Crippen LogP contribution in [-0.4, -0.2) is 36.3 Å². The molecule has 1 aromatic heterocycles. The summed E-state index contributed by atoms with van der Waals surface area (Å²) in [5, 5.41) is 11.9. The van der Waals surface area contributed by atoms with Crippen LogP contribution in [0.5, 0.6) is 5.75 Å². The highest BCUT2D eigenvalue weighted by Gasteiger charge is 2.27. The van der Waals surface area contributed by atoms with Gasteiger partial charge in [0.05, 0.1) is 18.7 Å². The molecule has 1 unspecified atom stereocenters. The van der Waals surface area contributed by atoms with Gasteiger partial charge in [-0.15, -0.1) is 10.2 Å². The number of ether oxygens (including phenoxy) is 1. The number of nitrogens with one attached hydrogen (secondary N) is 1. The lowest BCUT2D eigenvalue weighted by Gasteiger charge is -2.32. The molecule has 1 N–H and O–H groups in total. The minimum Gasteiger partial charge on any atom is -0.496 e. The van der Waals surface area contributed by atoms with Crippen LogP contribution < -0.4 is 15.0 Å². The number of carbonyl (C=O) groups is 1. The highest BCUT2D eigenvalue weighted by molar-refractivity contribution is 9.10. The van der Waals surface area contributed by atoms with Crippen LogP contribution in [0.3, 0.4) is 0 Å². The van der Waals surface area contributed by atoms with E-state index in [2.05, 4.69) is 36.3 Å². The van der Waals surface area contributed by atoms with Crippen molar-refractivity contribution in [1.82, 2.24) is 10.2 Å². The molecule has 1 saturated heterocycles. The number of hydrogen-bond donors (Lipinski definition) is 1. The Hall–Kier alpha value is -2.93. The second kappa shape index (κ2) is 9.26. The van der Waals surface area contributed by atoms with Crippen LogP contribution in [0.1, 0.15) is 12.8 Å². The molecule has 7 heteroatoms. The molecule has 0 saturated carbocycles. The molecular weight excluding hydrogens is 444 g/mol. The van der Waals surface area contributed by atoms with Gasteiger partial charge in [0, 0.05) is 28.8 Å². The molecule has 0 bridgehead atoms. The molecule has 0 spiro atoms. The Morgan fingerprint density at radius 2 is 2.00 bits per heavy atom. The molecule has 30 heavy (non-hydrogen) atoms. The Morgan fingerprint density at radius 1 is 1.13 bits per heavy atom. The summed E-state index contributed by atoms with van der Waals surface area (Å²) in [6, 6.07) is 19.3. The third-order valence-electron chi connectivity index (χ3n) is 5.24. The quantitative estimate of drug-likeness (QED) is 0.586. The first-order valence-electron chi connectivity index (χ1n) is 9.92. The summed E-state index contributed by atoms with van der Waals surface area (Å²) >= 11 is 3.44. The highest BCUT2D eigenvalue weighted by Crippen LogP contribution is 2.29. The maximum atomic E-state index is 12.8. The van der Waals surface area contributed by atoms with Crippen molar-refractivity contribution in [3.8, 4) is 17.0 Å². The zero-order valence-electron chi connectivity index (χ0n) is 16.7. The van der Waals surface area contributed by atoms with Crippen LogP contribution >= 0.6 is 15.9 Å². The van der Waals surface area contributed by atoms with Gasteiger partial charge in [-0.2, -0.15) is 0 Å². The van der Waals surface area contributed by atoms with Crippen molar-refractivity contribution in [1.29, 1.82) is 0 Å². The molecule has 0 radical (unpaired) electrons. The fourth-order valence-corrected chi connectivity index (χ4v) is 4.10. The molecule has 154 valence electrons. The SMILES string of the molecule is COc1ccccc1-c1ccc(N2CCCC(C(=O)Nc3cccc(Br)c3)C2)nn1. The Labute approximate surface area is 184 Å². The normalized spacial score (nSPS) is 16.2. The Morgan fingerprint density at radius 3 is 2.77 bits per heavy atom. The van der Waals surface area contributed by atoms with Crippen LogP contribution in [0.25, 0.3) is 11.3 Å². The average molecular weight is 467 g/mol. The first kappa shape index (κ1) is 20.3. The zero-order valence-corrected chi connectivity index (χ0v) is 18.3. The summed E-state index contributed by atoms with van der Waals surface area (Å²) in [4.78, 5) is 14.9. The van der Waals surface area contributed by atoms with Crippen molar-refractivity contribution in [3.63, 3.8) is 0 Å². The summed E-state index contributed by atoms with van der Waals surface area (Å²) < 4.78 is 6.36. The van der Waals surface area contributed by atoms with Gasteiger partial charge in [0.1, 0.15) is 5.75 Å². The molecule has 6 nitrogen and oxygen atoms in total. The van der Waals surface area contributed by atoms with Crippen LogP contribution in [0.4, 0.5) is 11.5 Å². The van der Waals surface area contributed by atoms with Crippen molar-refractivity contribution in [2.24, 2.45) is 5.92 Å². The summed E-state index contributed by atoms with van der Waals surface area (Å²) in [5.41, 5.74) is 2.47. The van der Waals surface area contributed by atoms with E-state index in [1.807, 2.05) is 60.7 Å². The highest BCUT2D eigenvalue weighted by atomic mass is 79.9. The van der Waals surface area contributed by atoms with Gasteiger partial charge in [-0.05, 0) is 55.3 Å².